The molecule has 0 aliphatic carbocycles. The van der Waals surface area contributed by atoms with Crippen LogP contribution < -0.4 is 4.74 Å². The highest BCUT2D eigenvalue weighted by atomic mass is 16.5. The summed E-state index contributed by atoms with van der Waals surface area (Å²) in [6.45, 7) is 5.39. The molecule has 0 bridgehead atoms. The van der Waals surface area contributed by atoms with Gasteiger partial charge in [-0.15, -0.1) is 0 Å². The van der Waals surface area contributed by atoms with Crippen LogP contribution in [0.1, 0.15) is 39.9 Å². The summed E-state index contributed by atoms with van der Waals surface area (Å²) in [4.78, 5) is 25.8. The van der Waals surface area contributed by atoms with Crippen LogP contribution in [0.2, 0.25) is 0 Å². The Hall–Kier alpha value is -2.82. The predicted octanol–water partition coefficient (Wildman–Crippen LogP) is 3.86. The molecule has 1 fully saturated rings. The second-order valence-electron chi connectivity index (χ2n) is 7.50. The van der Waals surface area contributed by atoms with Crippen molar-refractivity contribution in [1.82, 2.24) is 4.90 Å². The SMILES string of the molecule is Cc1cccc(C)c1OCC(=O)N1CCC(Cc2ccccc2C(=O)O)CC1. The Kier molecular flexibility index (Phi) is 6.34. The van der Waals surface area contributed by atoms with E-state index in [9.17, 15) is 14.7 Å². The van der Waals surface area contributed by atoms with Gasteiger partial charge < -0.3 is 14.7 Å². The smallest absolute Gasteiger partial charge is 0.335 e. The summed E-state index contributed by atoms with van der Waals surface area (Å²) >= 11 is 0. The van der Waals surface area contributed by atoms with Crippen LogP contribution in [0.25, 0.3) is 0 Å². The van der Waals surface area contributed by atoms with Gasteiger partial charge in [0.2, 0.25) is 0 Å². The van der Waals surface area contributed by atoms with Crippen LogP contribution in [0.5, 0.6) is 5.75 Å². The van der Waals surface area contributed by atoms with Crippen molar-refractivity contribution in [2.24, 2.45) is 5.92 Å². The average Bonchev–Trinajstić information content (AvgIpc) is 2.68. The number of carbonyl (C=O) groups excluding carboxylic acids is 1. The molecule has 2 aromatic carbocycles. The van der Waals surface area contributed by atoms with Gasteiger partial charge in [0.15, 0.2) is 6.61 Å². The molecular formula is C23H27NO4. The maximum atomic E-state index is 12.5. The van der Waals surface area contributed by atoms with E-state index >= 15 is 0 Å². The fraction of sp³-hybridized carbons (Fsp3) is 0.391. The maximum absolute atomic E-state index is 12.5. The van der Waals surface area contributed by atoms with Gasteiger partial charge in [-0.25, -0.2) is 4.79 Å². The second-order valence-corrected chi connectivity index (χ2v) is 7.50. The van der Waals surface area contributed by atoms with Crippen LogP contribution in [-0.4, -0.2) is 41.6 Å². The van der Waals surface area contributed by atoms with E-state index in [1.165, 1.54) is 0 Å². The van der Waals surface area contributed by atoms with E-state index in [1.807, 2.05) is 49.1 Å². The number of hydrogen-bond donors (Lipinski definition) is 1. The Bertz CT molecular complexity index is 833. The number of para-hydroxylation sites is 1. The Morgan fingerprint density at radius 3 is 2.32 bits per heavy atom. The van der Waals surface area contributed by atoms with Gasteiger partial charge in [0.25, 0.3) is 5.91 Å². The summed E-state index contributed by atoms with van der Waals surface area (Å²) in [5.41, 5.74) is 3.31. The van der Waals surface area contributed by atoms with Gasteiger partial charge in [-0.1, -0.05) is 36.4 Å². The van der Waals surface area contributed by atoms with E-state index in [1.54, 1.807) is 12.1 Å². The maximum Gasteiger partial charge on any atom is 0.335 e. The number of likely N-dealkylation sites (tertiary alicyclic amines) is 1. The molecule has 1 aliphatic rings. The summed E-state index contributed by atoms with van der Waals surface area (Å²) in [6.07, 6.45) is 2.50. The average molecular weight is 381 g/mol. The molecule has 5 nitrogen and oxygen atoms in total. The summed E-state index contributed by atoms with van der Waals surface area (Å²) in [7, 11) is 0. The Labute approximate surface area is 165 Å². The number of aromatic carboxylic acids is 1. The number of carboxylic acid groups (broad SMARTS) is 1. The zero-order valence-corrected chi connectivity index (χ0v) is 16.5. The molecule has 28 heavy (non-hydrogen) atoms. The van der Waals surface area contributed by atoms with E-state index in [0.29, 0.717) is 24.6 Å². The van der Waals surface area contributed by atoms with Crippen LogP contribution in [0.3, 0.4) is 0 Å². The molecule has 1 amide bonds. The van der Waals surface area contributed by atoms with E-state index in [2.05, 4.69) is 0 Å². The first-order valence-electron chi connectivity index (χ1n) is 9.73. The van der Waals surface area contributed by atoms with Crippen LogP contribution in [0.4, 0.5) is 0 Å². The fourth-order valence-corrected chi connectivity index (χ4v) is 3.86. The van der Waals surface area contributed by atoms with Crippen molar-refractivity contribution < 1.29 is 19.4 Å². The van der Waals surface area contributed by atoms with Gasteiger partial charge in [-0.2, -0.15) is 0 Å². The van der Waals surface area contributed by atoms with Crippen LogP contribution >= 0.6 is 0 Å². The minimum atomic E-state index is -0.883. The van der Waals surface area contributed by atoms with Gasteiger partial charge in [0.05, 0.1) is 5.56 Å². The minimum Gasteiger partial charge on any atom is -0.483 e. The van der Waals surface area contributed by atoms with Crippen molar-refractivity contribution >= 4 is 11.9 Å². The van der Waals surface area contributed by atoms with Gasteiger partial charge in [-0.05, 0) is 61.8 Å². The van der Waals surface area contributed by atoms with Crippen molar-refractivity contribution in [3.63, 3.8) is 0 Å². The van der Waals surface area contributed by atoms with Gasteiger partial charge in [0, 0.05) is 13.1 Å². The molecule has 0 spiro atoms. The third-order valence-corrected chi connectivity index (χ3v) is 5.47. The third kappa shape index (κ3) is 4.71. The Morgan fingerprint density at radius 1 is 1.04 bits per heavy atom. The van der Waals surface area contributed by atoms with Crippen LogP contribution in [0.15, 0.2) is 42.5 Å². The third-order valence-electron chi connectivity index (χ3n) is 5.47. The quantitative estimate of drug-likeness (QED) is 0.825. The summed E-state index contributed by atoms with van der Waals surface area (Å²) in [5, 5.41) is 9.34. The van der Waals surface area contributed by atoms with Gasteiger partial charge >= 0.3 is 5.97 Å². The fourth-order valence-electron chi connectivity index (χ4n) is 3.86. The number of piperidine rings is 1. The number of carboxylic acids is 1. The summed E-state index contributed by atoms with van der Waals surface area (Å²) < 4.78 is 5.79. The lowest BCUT2D eigenvalue weighted by atomic mass is 9.88. The largest absolute Gasteiger partial charge is 0.483 e. The van der Waals surface area contributed by atoms with E-state index in [0.717, 1.165) is 41.7 Å². The Balaban J connectivity index is 1.51. The highest BCUT2D eigenvalue weighted by molar-refractivity contribution is 5.89. The molecular weight excluding hydrogens is 354 g/mol. The molecule has 0 saturated carbocycles. The molecule has 0 aromatic heterocycles. The monoisotopic (exact) mass is 381 g/mol. The topological polar surface area (TPSA) is 66.8 Å². The number of nitrogens with zero attached hydrogens (tertiary/aromatic N) is 1. The number of aryl methyl sites for hydroxylation is 2. The van der Waals surface area contributed by atoms with Crippen LogP contribution in [0, 0.1) is 19.8 Å². The zero-order valence-electron chi connectivity index (χ0n) is 16.5. The van der Waals surface area contributed by atoms with Crippen LogP contribution in [-0.2, 0) is 11.2 Å². The van der Waals surface area contributed by atoms with Crippen molar-refractivity contribution in [3.8, 4) is 5.75 Å². The molecule has 3 rings (SSSR count). The minimum absolute atomic E-state index is 0.00652. The molecule has 5 heteroatoms. The lowest BCUT2D eigenvalue weighted by molar-refractivity contribution is -0.134. The lowest BCUT2D eigenvalue weighted by Gasteiger charge is -2.32. The molecule has 1 aliphatic heterocycles. The van der Waals surface area contributed by atoms with Crippen molar-refractivity contribution in [3.05, 3.63) is 64.7 Å². The molecule has 1 heterocycles. The molecule has 1 N–H and O–H groups in total. The lowest BCUT2D eigenvalue weighted by Crippen LogP contribution is -2.41. The molecule has 148 valence electrons. The number of carbonyl (C=O) groups is 2. The number of benzene rings is 2. The second kappa shape index (κ2) is 8.91. The van der Waals surface area contributed by atoms with Crippen molar-refractivity contribution in [2.75, 3.05) is 19.7 Å². The molecule has 2 aromatic rings. The van der Waals surface area contributed by atoms with Crippen molar-refractivity contribution in [2.45, 2.75) is 33.1 Å². The predicted molar refractivity (Wildman–Crippen MR) is 108 cm³/mol. The van der Waals surface area contributed by atoms with Gasteiger partial charge in [-0.3, -0.25) is 4.79 Å². The summed E-state index contributed by atoms with van der Waals surface area (Å²) in [5.74, 6) is 0.305. The standard InChI is InChI=1S/C23H27NO4/c1-16-6-5-7-17(2)22(16)28-15-21(25)24-12-10-18(11-13-24)14-19-8-3-4-9-20(19)23(26)27/h3-9,18H,10-15H2,1-2H3,(H,26,27). The van der Waals surface area contributed by atoms with Gasteiger partial charge in [0.1, 0.15) is 5.75 Å². The zero-order chi connectivity index (χ0) is 20.1. The van der Waals surface area contributed by atoms with E-state index < -0.39 is 5.97 Å². The van der Waals surface area contributed by atoms with E-state index in [4.69, 9.17) is 4.74 Å². The Morgan fingerprint density at radius 2 is 1.68 bits per heavy atom. The molecule has 0 unspecified atom stereocenters. The number of hydrogen-bond acceptors (Lipinski definition) is 3. The molecule has 1 saturated heterocycles. The number of ether oxygens (including phenoxy) is 1. The van der Waals surface area contributed by atoms with Crippen molar-refractivity contribution in [1.29, 1.82) is 0 Å². The highest BCUT2D eigenvalue weighted by Crippen LogP contribution is 2.25. The first kappa shape index (κ1) is 19.9. The first-order valence-corrected chi connectivity index (χ1v) is 9.73. The first-order chi connectivity index (χ1) is 13.5. The molecule has 0 radical (unpaired) electrons. The normalized spacial score (nSPS) is 14.7. The van der Waals surface area contributed by atoms with E-state index in [-0.39, 0.29) is 12.5 Å². The summed E-state index contributed by atoms with van der Waals surface area (Å²) in [6, 6.07) is 13.1. The highest BCUT2D eigenvalue weighted by Gasteiger charge is 2.24. The molecule has 0 atom stereocenters. The number of rotatable bonds is 6. The number of amides is 1.